The van der Waals surface area contributed by atoms with E-state index in [1.54, 1.807) is 5.06 Å². The van der Waals surface area contributed by atoms with Crippen molar-refractivity contribution in [2.45, 2.75) is 71.8 Å². The van der Waals surface area contributed by atoms with E-state index in [1.807, 2.05) is 20.8 Å². The smallest absolute Gasteiger partial charge is 0.328 e. The maximum Gasteiger partial charge on any atom is 0.328 e. The first-order valence-electron chi connectivity index (χ1n) is 8.26. The minimum Gasteiger partial charge on any atom is -0.462 e. The average molecular weight is 299 g/mol. The van der Waals surface area contributed by atoms with Crippen LogP contribution >= 0.6 is 0 Å². The normalized spacial score (nSPS) is 17.5. The van der Waals surface area contributed by atoms with Gasteiger partial charge < -0.3 is 9.57 Å². The lowest BCUT2D eigenvalue weighted by atomic mass is 9.97. The summed E-state index contributed by atoms with van der Waals surface area (Å²) < 4.78 is 5.47. The second kappa shape index (κ2) is 9.77. The fourth-order valence-electron chi connectivity index (χ4n) is 2.57. The minimum absolute atomic E-state index is 0.0440. The van der Waals surface area contributed by atoms with Crippen LogP contribution in [0.4, 0.5) is 0 Å². The van der Waals surface area contributed by atoms with Gasteiger partial charge in [0, 0.05) is 13.1 Å². The number of hydrogen-bond acceptors (Lipinski definition) is 5. The maximum absolute atomic E-state index is 12.1. The number of rotatable bonds is 8. The predicted octanol–water partition coefficient (Wildman–Crippen LogP) is 3.08. The van der Waals surface area contributed by atoms with E-state index in [2.05, 4.69) is 0 Å². The Bertz CT molecular complexity index is 322. The summed E-state index contributed by atoms with van der Waals surface area (Å²) in [6, 6.07) is 0. The van der Waals surface area contributed by atoms with Gasteiger partial charge in [-0.05, 0) is 46.0 Å². The third-order valence-corrected chi connectivity index (χ3v) is 4.01. The van der Waals surface area contributed by atoms with E-state index in [0.717, 1.165) is 25.7 Å². The van der Waals surface area contributed by atoms with E-state index < -0.39 is 5.92 Å². The molecule has 1 fully saturated rings. The highest BCUT2D eigenvalue weighted by Crippen LogP contribution is 2.22. The third-order valence-electron chi connectivity index (χ3n) is 4.01. The molecule has 122 valence electrons. The van der Waals surface area contributed by atoms with Gasteiger partial charge in [0.25, 0.3) is 0 Å². The summed E-state index contributed by atoms with van der Waals surface area (Å²) >= 11 is 0. The summed E-state index contributed by atoms with van der Waals surface area (Å²) in [5, 5.41) is 1.59. The van der Waals surface area contributed by atoms with Crippen molar-refractivity contribution in [1.29, 1.82) is 0 Å². The van der Waals surface area contributed by atoms with Gasteiger partial charge >= 0.3 is 11.9 Å². The molecule has 21 heavy (non-hydrogen) atoms. The van der Waals surface area contributed by atoms with E-state index in [4.69, 9.17) is 9.57 Å². The molecule has 0 aromatic rings. The molecule has 1 atom stereocenters. The largest absolute Gasteiger partial charge is 0.462 e. The first-order valence-corrected chi connectivity index (χ1v) is 8.26. The second-order valence-corrected chi connectivity index (χ2v) is 5.58. The molecule has 0 radical (unpaired) electrons. The number of hydrogen-bond donors (Lipinski definition) is 0. The standard InChI is InChI=1S/C16H29NO4/c1-4-13(16(19)21-17(5-2)6-3)12-15(18)20-14-10-8-7-9-11-14/h13-14H,4-12H2,1-3H3. The van der Waals surface area contributed by atoms with E-state index in [9.17, 15) is 9.59 Å². The van der Waals surface area contributed by atoms with Gasteiger partial charge in [-0.3, -0.25) is 9.59 Å². The fraction of sp³-hybridized carbons (Fsp3) is 0.875. The zero-order valence-corrected chi connectivity index (χ0v) is 13.6. The van der Waals surface area contributed by atoms with Crippen molar-refractivity contribution in [2.24, 2.45) is 5.92 Å². The Labute approximate surface area is 127 Å². The average Bonchev–Trinajstić information content (AvgIpc) is 2.50. The molecule has 1 rings (SSSR count). The summed E-state index contributed by atoms with van der Waals surface area (Å²) in [5.74, 6) is -1.02. The van der Waals surface area contributed by atoms with Crippen molar-refractivity contribution >= 4 is 11.9 Å². The van der Waals surface area contributed by atoms with Crippen LogP contribution in [0.5, 0.6) is 0 Å². The Kier molecular flexibility index (Phi) is 8.35. The van der Waals surface area contributed by atoms with Gasteiger partial charge in [-0.15, -0.1) is 5.06 Å². The molecule has 5 nitrogen and oxygen atoms in total. The molecule has 0 N–H and O–H groups in total. The lowest BCUT2D eigenvalue weighted by Gasteiger charge is -2.23. The first kappa shape index (κ1) is 18.0. The zero-order chi connectivity index (χ0) is 15.7. The lowest BCUT2D eigenvalue weighted by molar-refractivity contribution is -0.195. The van der Waals surface area contributed by atoms with Crippen molar-refractivity contribution in [3.8, 4) is 0 Å². The number of esters is 1. The molecule has 0 bridgehead atoms. The van der Waals surface area contributed by atoms with Crippen LogP contribution in [0.25, 0.3) is 0 Å². The van der Waals surface area contributed by atoms with Crippen LogP contribution in [0.15, 0.2) is 0 Å². The van der Waals surface area contributed by atoms with Crippen molar-refractivity contribution in [2.75, 3.05) is 13.1 Å². The van der Waals surface area contributed by atoms with Crippen LogP contribution in [0.1, 0.15) is 65.7 Å². The molecule has 0 aromatic heterocycles. The molecule has 1 saturated carbocycles. The second-order valence-electron chi connectivity index (χ2n) is 5.58. The van der Waals surface area contributed by atoms with Crippen LogP contribution in [-0.2, 0) is 19.2 Å². The third kappa shape index (κ3) is 6.46. The summed E-state index contributed by atoms with van der Waals surface area (Å²) in [4.78, 5) is 29.3. The number of carbonyl (C=O) groups excluding carboxylic acids is 2. The van der Waals surface area contributed by atoms with E-state index in [0.29, 0.717) is 19.5 Å². The number of nitrogens with zero attached hydrogens (tertiary/aromatic N) is 1. The molecular formula is C16H29NO4. The van der Waals surface area contributed by atoms with Gasteiger partial charge in [0.05, 0.1) is 12.3 Å². The van der Waals surface area contributed by atoms with Crippen LogP contribution in [0, 0.1) is 5.92 Å². The van der Waals surface area contributed by atoms with Gasteiger partial charge in [-0.25, -0.2) is 0 Å². The van der Waals surface area contributed by atoms with E-state index in [1.165, 1.54) is 6.42 Å². The van der Waals surface area contributed by atoms with Gasteiger partial charge in [0.2, 0.25) is 0 Å². The van der Waals surface area contributed by atoms with Gasteiger partial charge in [0.15, 0.2) is 0 Å². The molecule has 5 heteroatoms. The monoisotopic (exact) mass is 299 g/mol. The molecule has 0 aliphatic heterocycles. The van der Waals surface area contributed by atoms with Crippen molar-refractivity contribution in [3.05, 3.63) is 0 Å². The lowest BCUT2D eigenvalue weighted by Crippen LogP contribution is -2.32. The first-order chi connectivity index (χ1) is 10.1. The summed E-state index contributed by atoms with van der Waals surface area (Å²) in [5.41, 5.74) is 0. The topological polar surface area (TPSA) is 55.8 Å². The van der Waals surface area contributed by atoms with E-state index >= 15 is 0 Å². The Morgan fingerprint density at radius 1 is 1.10 bits per heavy atom. The highest BCUT2D eigenvalue weighted by atomic mass is 16.7. The van der Waals surface area contributed by atoms with Crippen LogP contribution in [-0.4, -0.2) is 36.2 Å². The Morgan fingerprint density at radius 3 is 2.24 bits per heavy atom. The molecule has 1 aliphatic carbocycles. The SMILES string of the molecule is CCC(CC(=O)OC1CCCCC1)C(=O)ON(CC)CC. The zero-order valence-electron chi connectivity index (χ0n) is 13.6. The van der Waals surface area contributed by atoms with Crippen molar-refractivity contribution in [3.63, 3.8) is 0 Å². The summed E-state index contributed by atoms with van der Waals surface area (Å²) in [6.45, 7) is 7.03. The van der Waals surface area contributed by atoms with Crippen molar-refractivity contribution in [1.82, 2.24) is 5.06 Å². The highest BCUT2D eigenvalue weighted by molar-refractivity contribution is 5.79. The fourth-order valence-corrected chi connectivity index (χ4v) is 2.57. The van der Waals surface area contributed by atoms with E-state index in [-0.39, 0.29) is 24.5 Å². The maximum atomic E-state index is 12.1. The highest BCUT2D eigenvalue weighted by Gasteiger charge is 2.26. The Morgan fingerprint density at radius 2 is 1.71 bits per heavy atom. The number of carbonyl (C=O) groups is 2. The summed E-state index contributed by atoms with van der Waals surface area (Å²) in [7, 11) is 0. The Hall–Kier alpha value is -1.10. The van der Waals surface area contributed by atoms with Gasteiger partial charge in [-0.1, -0.05) is 13.3 Å². The quantitative estimate of drug-likeness (QED) is 0.509. The summed E-state index contributed by atoms with van der Waals surface area (Å²) in [6.07, 6.45) is 6.12. The molecule has 0 saturated heterocycles. The number of ether oxygens (including phenoxy) is 1. The van der Waals surface area contributed by atoms with Gasteiger partial charge in [-0.2, -0.15) is 0 Å². The number of hydroxylamine groups is 2. The predicted molar refractivity (Wildman–Crippen MR) is 80.4 cm³/mol. The molecule has 0 aromatic carbocycles. The van der Waals surface area contributed by atoms with Crippen LogP contribution < -0.4 is 0 Å². The molecule has 1 unspecified atom stereocenters. The molecular weight excluding hydrogens is 270 g/mol. The van der Waals surface area contributed by atoms with Crippen LogP contribution in [0.3, 0.4) is 0 Å². The van der Waals surface area contributed by atoms with Gasteiger partial charge in [0.1, 0.15) is 6.10 Å². The Balaban J connectivity index is 2.40. The molecule has 0 spiro atoms. The minimum atomic E-state index is -0.415. The van der Waals surface area contributed by atoms with Crippen LogP contribution in [0.2, 0.25) is 0 Å². The van der Waals surface area contributed by atoms with Crippen molar-refractivity contribution < 1.29 is 19.2 Å². The molecule has 0 heterocycles. The molecule has 1 aliphatic rings. The molecule has 0 amide bonds.